The van der Waals surface area contributed by atoms with Gasteiger partial charge in [-0.15, -0.1) is 5.10 Å². The number of nitrogens with one attached hydrogen (secondary N) is 1. The zero-order valence-electron chi connectivity index (χ0n) is 11.2. The van der Waals surface area contributed by atoms with Crippen LogP contribution in [0.15, 0.2) is 34.7 Å². The smallest absolute Gasteiger partial charge is 0.322 e. The monoisotopic (exact) mass is 272 g/mol. The summed E-state index contributed by atoms with van der Waals surface area (Å²) in [5.74, 6) is 0.556. The number of nitrogens with zero attached hydrogens (tertiary/aromatic N) is 2. The maximum atomic E-state index is 12.3. The lowest BCUT2D eigenvalue weighted by Gasteiger charge is -2.22. The van der Waals surface area contributed by atoms with E-state index in [0.717, 1.165) is 18.4 Å². The molecular weight excluding hydrogens is 256 g/mol. The van der Waals surface area contributed by atoms with E-state index in [1.54, 1.807) is 6.92 Å². The number of carbonyl (C=O) groups is 1. The normalized spacial score (nSPS) is 17.5. The number of anilines is 1. The van der Waals surface area contributed by atoms with Gasteiger partial charge in [0.05, 0.1) is 0 Å². The van der Waals surface area contributed by atoms with Gasteiger partial charge in [0.15, 0.2) is 0 Å². The van der Waals surface area contributed by atoms with Gasteiger partial charge in [0.25, 0.3) is 5.91 Å². The molecular formula is C14H16N4O2. The molecule has 6 heteroatoms. The van der Waals surface area contributed by atoms with Gasteiger partial charge in [-0.3, -0.25) is 10.1 Å². The van der Waals surface area contributed by atoms with Crippen LogP contribution in [-0.4, -0.2) is 16.1 Å². The Bertz CT molecular complexity index is 617. The summed E-state index contributed by atoms with van der Waals surface area (Å²) >= 11 is 0. The van der Waals surface area contributed by atoms with Crippen molar-refractivity contribution in [3.05, 3.63) is 41.8 Å². The van der Waals surface area contributed by atoms with Crippen LogP contribution >= 0.6 is 0 Å². The van der Waals surface area contributed by atoms with E-state index in [1.165, 1.54) is 0 Å². The molecule has 0 bridgehead atoms. The fourth-order valence-corrected chi connectivity index (χ4v) is 1.92. The third-order valence-corrected chi connectivity index (χ3v) is 3.43. The van der Waals surface area contributed by atoms with Gasteiger partial charge in [-0.2, -0.15) is 0 Å². The zero-order valence-corrected chi connectivity index (χ0v) is 11.2. The predicted molar refractivity (Wildman–Crippen MR) is 72.9 cm³/mol. The first kappa shape index (κ1) is 12.8. The number of aromatic nitrogens is 2. The lowest BCUT2D eigenvalue weighted by molar-refractivity contribution is -0.121. The van der Waals surface area contributed by atoms with Gasteiger partial charge in [-0.25, -0.2) is 0 Å². The highest BCUT2D eigenvalue weighted by Gasteiger charge is 2.33. The van der Waals surface area contributed by atoms with Crippen LogP contribution in [0, 0.1) is 0 Å². The summed E-state index contributed by atoms with van der Waals surface area (Å²) in [6.07, 6.45) is 2.13. The molecule has 1 aliphatic rings. The van der Waals surface area contributed by atoms with Crippen LogP contribution in [0.1, 0.15) is 37.1 Å². The maximum Gasteiger partial charge on any atom is 0.322 e. The van der Waals surface area contributed by atoms with Crippen LogP contribution in [-0.2, 0) is 10.3 Å². The zero-order chi connectivity index (χ0) is 14.2. The molecule has 2 aromatic rings. The van der Waals surface area contributed by atoms with E-state index < -0.39 is 5.54 Å². The van der Waals surface area contributed by atoms with Crippen molar-refractivity contribution in [3.8, 4) is 0 Å². The Morgan fingerprint density at radius 3 is 2.70 bits per heavy atom. The molecule has 1 heterocycles. The number of benzene rings is 1. The van der Waals surface area contributed by atoms with Gasteiger partial charge in [0.2, 0.25) is 5.89 Å². The minimum atomic E-state index is -1.16. The Labute approximate surface area is 116 Å². The van der Waals surface area contributed by atoms with Crippen molar-refractivity contribution in [2.24, 2.45) is 5.73 Å². The second-order valence-corrected chi connectivity index (χ2v) is 5.24. The summed E-state index contributed by atoms with van der Waals surface area (Å²) in [7, 11) is 0. The molecule has 0 radical (unpaired) electrons. The molecule has 0 spiro atoms. The van der Waals surface area contributed by atoms with Crippen molar-refractivity contribution in [2.45, 2.75) is 31.2 Å². The highest BCUT2D eigenvalue weighted by Crippen LogP contribution is 2.39. The summed E-state index contributed by atoms with van der Waals surface area (Å²) in [4.78, 5) is 12.3. The second-order valence-electron chi connectivity index (χ2n) is 5.24. The van der Waals surface area contributed by atoms with Gasteiger partial charge >= 0.3 is 6.01 Å². The van der Waals surface area contributed by atoms with Crippen molar-refractivity contribution >= 4 is 11.9 Å². The Kier molecular flexibility index (Phi) is 3.02. The van der Waals surface area contributed by atoms with E-state index in [9.17, 15) is 4.79 Å². The summed E-state index contributed by atoms with van der Waals surface area (Å²) in [6.45, 7) is 1.65. The van der Waals surface area contributed by atoms with Crippen molar-refractivity contribution in [1.82, 2.24) is 10.2 Å². The number of hydrogen-bond donors (Lipinski definition) is 2. The predicted octanol–water partition coefficient (Wildman–Crippen LogP) is 1.76. The van der Waals surface area contributed by atoms with Gasteiger partial charge in [0.1, 0.15) is 5.54 Å². The van der Waals surface area contributed by atoms with E-state index >= 15 is 0 Å². The van der Waals surface area contributed by atoms with E-state index in [2.05, 4.69) is 15.5 Å². The van der Waals surface area contributed by atoms with E-state index in [1.807, 2.05) is 30.3 Å². The first-order chi connectivity index (χ1) is 9.57. The molecule has 3 N–H and O–H groups in total. The number of carbonyl (C=O) groups excluding carboxylic acids is 1. The minimum absolute atomic E-state index is 0.101. The first-order valence-corrected chi connectivity index (χ1v) is 6.56. The summed E-state index contributed by atoms with van der Waals surface area (Å²) in [5.41, 5.74) is 5.67. The molecule has 6 nitrogen and oxygen atoms in total. The lowest BCUT2D eigenvalue weighted by atomic mass is 9.92. The average molecular weight is 272 g/mol. The molecule has 1 fully saturated rings. The van der Waals surface area contributed by atoms with Crippen LogP contribution in [0.25, 0.3) is 0 Å². The number of amides is 1. The topological polar surface area (TPSA) is 94.0 Å². The molecule has 1 aliphatic carbocycles. The van der Waals surface area contributed by atoms with Crippen LogP contribution in [0.5, 0.6) is 0 Å². The molecule has 104 valence electrons. The van der Waals surface area contributed by atoms with Gasteiger partial charge in [0, 0.05) is 5.92 Å². The Hall–Kier alpha value is -2.21. The van der Waals surface area contributed by atoms with Crippen molar-refractivity contribution < 1.29 is 9.21 Å². The lowest BCUT2D eigenvalue weighted by Crippen LogP contribution is -2.45. The summed E-state index contributed by atoms with van der Waals surface area (Å²) in [6, 6.07) is 9.27. The standard InChI is InChI=1S/C14H16N4O2/c1-14(15,10-5-3-2-4-6-10)12(19)16-13-18-17-11(20-13)9-7-8-9/h2-6,9H,7-8,15H2,1H3,(H,16,18,19). The molecule has 1 saturated carbocycles. The van der Waals surface area contributed by atoms with Gasteiger partial charge in [-0.05, 0) is 25.3 Å². The Morgan fingerprint density at radius 2 is 2.05 bits per heavy atom. The largest absolute Gasteiger partial charge is 0.408 e. The highest BCUT2D eigenvalue weighted by atomic mass is 16.4. The minimum Gasteiger partial charge on any atom is -0.408 e. The fourth-order valence-electron chi connectivity index (χ4n) is 1.92. The fraction of sp³-hybridized carbons (Fsp3) is 0.357. The van der Waals surface area contributed by atoms with E-state index in [-0.39, 0.29) is 11.9 Å². The molecule has 20 heavy (non-hydrogen) atoms. The van der Waals surface area contributed by atoms with Crippen LogP contribution in [0.2, 0.25) is 0 Å². The average Bonchev–Trinajstić information content (AvgIpc) is 3.20. The number of hydrogen-bond acceptors (Lipinski definition) is 5. The molecule has 1 amide bonds. The second kappa shape index (κ2) is 4.72. The maximum absolute atomic E-state index is 12.3. The molecule has 1 aromatic carbocycles. The van der Waals surface area contributed by atoms with Crippen molar-refractivity contribution in [2.75, 3.05) is 5.32 Å². The van der Waals surface area contributed by atoms with Gasteiger partial charge in [-0.1, -0.05) is 35.4 Å². The van der Waals surface area contributed by atoms with Crippen LogP contribution in [0.3, 0.4) is 0 Å². The summed E-state index contributed by atoms with van der Waals surface area (Å²) in [5, 5.41) is 10.3. The summed E-state index contributed by atoms with van der Waals surface area (Å²) < 4.78 is 5.40. The molecule has 0 aliphatic heterocycles. The molecule has 0 saturated heterocycles. The Morgan fingerprint density at radius 1 is 1.35 bits per heavy atom. The van der Waals surface area contributed by atoms with Crippen molar-refractivity contribution in [1.29, 1.82) is 0 Å². The molecule has 3 rings (SSSR count). The van der Waals surface area contributed by atoms with Crippen LogP contribution < -0.4 is 11.1 Å². The number of nitrogens with two attached hydrogens (primary N) is 1. The van der Waals surface area contributed by atoms with Crippen molar-refractivity contribution in [3.63, 3.8) is 0 Å². The third-order valence-electron chi connectivity index (χ3n) is 3.43. The van der Waals surface area contributed by atoms with Crippen LogP contribution in [0.4, 0.5) is 6.01 Å². The number of rotatable bonds is 4. The highest BCUT2D eigenvalue weighted by molar-refractivity contribution is 5.96. The Balaban J connectivity index is 1.74. The SMILES string of the molecule is CC(N)(C(=O)Nc1nnc(C2CC2)o1)c1ccccc1. The molecule has 1 unspecified atom stereocenters. The van der Waals surface area contributed by atoms with E-state index in [4.69, 9.17) is 10.2 Å². The third kappa shape index (κ3) is 2.42. The first-order valence-electron chi connectivity index (χ1n) is 6.56. The molecule has 1 aromatic heterocycles. The molecule has 1 atom stereocenters. The van der Waals surface area contributed by atoms with Gasteiger partial charge < -0.3 is 10.2 Å². The van der Waals surface area contributed by atoms with E-state index in [0.29, 0.717) is 11.8 Å². The quantitative estimate of drug-likeness (QED) is 0.884.